The van der Waals surface area contributed by atoms with Crippen molar-refractivity contribution in [2.75, 3.05) is 5.73 Å². The number of hydrogen-bond acceptors (Lipinski definition) is 9. The number of rotatable bonds is 8. The normalized spacial score (nSPS) is 11.4. The van der Waals surface area contributed by atoms with E-state index in [1.807, 2.05) is 12.1 Å². The lowest BCUT2D eigenvalue weighted by atomic mass is 10.2. The molecule has 0 unspecified atom stereocenters. The molecular formula is C27H21N9O2. The van der Waals surface area contributed by atoms with Gasteiger partial charge in [0.1, 0.15) is 0 Å². The van der Waals surface area contributed by atoms with E-state index >= 15 is 0 Å². The number of aromatic nitrogens is 8. The molecule has 0 aliphatic rings. The van der Waals surface area contributed by atoms with E-state index < -0.39 is 0 Å². The first kappa shape index (κ1) is 24.1. The van der Waals surface area contributed by atoms with Crippen LogP contribution in [0.4, 0.5) is 5.82 Å². The molecule has 0 saturated carbocycles. The van der Waals surface area contributed by atoms with Crippen LogP contribution in [-0.2, 0) is 0 Å². The van der Waals surface area contributed by atoms with E-state index in [4.69, 9.17) is 5.73 Å². The van der Waals surface area contributed by atoms with Crippen LogP contribution in [0.5, 0.6) is 0 Å². The summed E-state index contributed by atoms with van der Waals surface area (Å²) in [6, 6.07) is 17.9. The van der Waals surface area contributed by atoms with Crippen molar-refractivity contribution in [2.45, 2.75) is 6.92 Å². The van der Waals surface area contributed by atoms with Gasteiger partial charge in [0.05, 0.1) is 28.5 Å². The summed E-state index contributed by atoms with van der Waals surface area (Å²) in [5.74, 6) is -0.554. The molecule has 0 atom stereocenters. The number of allylic oxidation sites excluding steroid dienone is 2. The van der Waals surface area contributed by atoms with Crippen molar-refractivity contribution in [2.24, 2.45) is 0 Å². The Balaban J connectivity index is 1.32. The number of carbonyl (C=O) groups excluding carboxylic acids is 2. The van der Waals surface area contributed by atoms with Crippen LogP contribution in [0.25, 0.3) is 23.5 Å². The molecule has 5 rings (SSSR count). The van der Waals surface area contributed by atoms with Gasteiger partial charge in [0, 0.05) is 12.4 Å². The van der Waals surface area contributed by atoms with Crippen LogP contribution in [0.2, 0.25) is 0 Å². The Kier molecular flexibility index (Phi) is 6.72. The van der Waals surface area contributed by atoms with Crippen LogP contribution in [0.3, 0.4) is 0 Å². The highest BCUT2D eigenvalue weighted by atomic mass is 16.1. The van der Waals surface area contributed by atoms with Crippen LogP contribution < -0.4 is 5.73 Å². The van der Waals surface area contributed by atoms with E-state index in [1.54, 1.807) is 84.7 Å². The zero-order chi connectivity index (χ0) is 26.5. The van der Waals surface area contributed by atoms with Gasteiger partial charge in [0.15, 0.2) is 17.2 Å². The summed E-state index contributed by atoms with van der Waals surface area (Å²) in [4.78, 5) is 33.5. The molecule has 38 heavy (non-hydrogen) atoms. The van der Waals surface area contributed by atoms with Crippen molar-refractivity contribution >= 4 is 29.5 Å². The first-order valence-corrected chi connectivity index (χ1v) is 11.5. The Morgan fingerprint density at radius 3 is 1.76 bits per heavy atom. The average molecular weight is 504 g/mol. The fourth-order valence-electron chi connectivity index (χ4n) is 3.62. The average Bonchev–Trinajstić information content (AvgIpc) is 3.54. The minimum absolute atomic E-state index is 0.0373. The number of nitrogens with two attached hydrogens (primary N) is 1. The number of ketones is 2. The maximum atomic E-state index is 12.6. The van der Waals surface area contributed by atoms with Crippen molar-refractivity contribution in [1.82, 2.24) is 40.0 Å². The van der Waals surface area contributed by atoms with Gasteiger partial charge in [-0.1, -0.05) is 22.6 Å². The second-order valence-corrected chi connectivity index (χ2v) is 8.09. The molecule has 0 aliphatic carbocycles. The molecule has 4 heterocycles. The molecule has 5 aromatic rings. The lowest BCUT2D eigenvalue weighted by molar-refractivity contribution is 0.103. The molecule has 0 amide bonds. The second-order valence-electron chi connectivity index (χ2n) is 8.09. The number of carbonyl (C=O) groups is 2. The molecule has 2 N–H and O–H groups in total. The number of nitrogens with zero attached hydrogens (tertiary/aromatic N) is 8. The summed E-state index contributed by atoms with van der Waals surface area (Å²) in [5, 5.41) is 16.2. The van der Waals surface area contributed by atoms with Gasteiger partial charge in [0.25, 0.3) is 0 Å². The van der Waals surface area contributed by atoms with Crippen molar-refractivity contribution < 1.29 is 9.59 Å². The number of nitrogen functional groups attached to an aromatic ring is 1. The van der Waals surface area contributed by atoms with Crippen LogP contribution in [0, 0.1) is 6.92 Å². The van der Waals surface area contributed by atoms with Gasteiger partial charge >= 0.3 is 0 Å². The Bertz CT molecular complexity index is 1530. The van der Waals surface area contributed by atoms with Crippen LogP contribution >= 0.6 is 0 Å². The minimum atomic E-state index is -0.386. The van der Waals surface area contributed by atoms with E-state index in [0.717, 1.165) is 0 Å². The Labute approximate surface area is 217 Å². The second kappa shape index (κ2) is 10.6. The monoisotopic (exact) mass is 503 g/mol. The maximum Gasteiger partial charge on any atom is 0.210 e. The topological polar surface area (TPSA) is 147 Å². The van der Waals surface area contributed by atoms with E-state index in [0.29, 0.717) is 28.5 Å². The molecule has 0 bridgehead atoms. The van der Waals surface area contributed by atoms with Gasteiger partial charge in [-0.25, -0.2) is 4.68 Å². The molecule has 0 fully saturated rings. The van der Waals surface area contributed by atoms with Crippen molar-refractivity contribution in [3.63, 3.8) is 0 Å². The predicted molar refractivity (Wildman–Crippen MR) is 141 cm³/mol. The largest absolute Gasteiger partial charge is 0.382 e. The van der Waals surface area contributed by atoms with Gasteiger partial charge in [-0.3, -0.25) is 19.6 Å². The fraction of sp³-hybridized carbons (Fsp3) is 0.0370. The van der Waals surface area contributed by atoms with Crippen LogP contribution in [0.15, 0.2) is 85.2 Å². The standard InChI is InChI=1S/C27H21N9O2/c1-18-25(23(37)14-8-19-6-2-4-16-29-19)31-33-35(18)21-10-12-22(13-11-21)36-27(28)26(32-34-36)24(38)15-9-20-7-3-5-17-30-20/h2-17H,28H2,1H3/b14-8+,15-9+. The number of benzene rings is 1. The molecule has 0 radical (unpaired) electrons. The summed E-state index contributed by atoms with van der Waals surface area (Å²) < 4.78 is 2.94. The van der Waals surface area contributed by atoms with E-state index in [9.17, 15) is 9.59 Å². The highest BCUT2D eigenvalue weighted by Gasteiger charge is 2.18. The molecule has 11 nitrogen and oxygen atoms in total. The summed E-state index contributed by atoms with van der Waals surface area (Å²) in [7, 11) is 0. The fourth-order valence-corrected chi connectivity index (χ4v) is 3.62. The number of hydrogen-bond donors (Lipinski definition) is 1. The number of anilines is 1. The van der Waals surface area contributed by atoms with Crippen LogP contribution in [0.1, 0.15) is 38.1 Å². The van der Waals surface area contributed by atoms with Gasteiger partial charge in [-0.15, -0.1) is 10.2 Å². The third kappa shape index (κ3) is 5.02. The summed E-state index contributed by atoms with van der Waals surface area (Å²) in [6.45, 7) is 1.77. The molecular weight excluding hydrogens is 482 g/mol. The first-order valence-electron chi connectivity index (χ1n) is 11.5. The predicted octanol–water partition coefficient (Wildman–Crippen LogP) is 3.32. The quantitative estimate of drug-likeness (QED) is 0.249. The van der Waals surface area contributed by atoms with Gasteiger partial charge in [-0.05, 0) is 79.8 Å². The minimum Gasteiger partial charge on any atom is -0.382 e. The highest BCUT2D eigenvalue weighted by Crippen LogP contribution is 2.19. The van der Waals surface area contributed by atoms with E-state index in [-0.39, 0.29) is 28.8 Å². The van der Waals surface area contributed by atoms with Crippen molar-refractivity contribution in [3.05, 3.63) is 114 Å². The zero-order valence-corrected chi connectivity index (χ0v) is 20.2. The van der Waals surface area contributed by atoms with Crippen LogP contribution in [-0.4, -0.2) is 51.5 Å². The zero-order valence-electron chi connectivity index (χ0n) is 20.2. The van der Waals surface area contributed by atoms with Crippen molar-refractivity contribution in [3.8, 4) is 11.4 Å². The summed E-state index contributed by atoms with van der Waals surface area (Å²) in [5.41, 5.74) is 9.62. The molecule has 0 saturated heterocycles. The molecule has 0 spiro atoms. The Morgan fingerprint density at radius 2 is 1.21 bits per heavy atom. The van der Waals surface area contributed by atoms with E-state index in [1.165, 1.54) is 16.8 Å². The Hall–Kier alpha value is -5.58. The lowest BCUT2D eigenvalue weighted by Crippen LogP contribution is -2.06. The third-order valence-electron chi connectivity index (χ3n) is 5.59. The molecule has 1 aromatic carbocycles. The number of pyridine rings is 2. The van der Waals surface area contributed by atoms with Gasteiger partial charge in [-0.2, -0.15) is 4.68 Å². The molecule has 4 aromatic heterocycles. The summed E-state index contributed by atoms with van der Waals surface area (Å²) >= 11 is 0. The molecule has 186 valence electrons. The first-order chi connectivity index (χ1) is 18.5. The third-order valence-corrected chi connectivity index (χ3v) is 5.59. The Morgan fingerprint density at radius 1 is 0.711 bits per heavy atom. The van der Waals surface area contributed by atoms with Crippen molar-refractivity contribution in [1.29, 1.82) is 0 Å². The lowest BCUT2D eigenvalue weighted by Gasteiger charge is -2.06. The molecule has 0 aliphatic heterocycles. The van der Waals surface area contributed by atoms with Gasteiger partial charge < -0.3 is 5.73 Å². The van der Waals surface area contributed by atoms with Gasteiger partial charge in [0.2, 0.25) is 11.6 Å². The highest BCUT2D eigenvalue weighted by molar-refractivity contribution is 6.08. The SMILES string of the molecule is Cc1c(C(=O)/C=C/c2ccccn2)nnn1-c1ccc(-n2nnc(C(=O)/C=C/c3ccccn3)c2N)cc1. The summed E-state index contributed by atoms with van der Waals surface area (Å²) in [6.07, 6.45) is 9.29. The maximum absolute atomic E-state index is 12.6. The smallest absolute Gasteiger partial charge is 0.210 e. The van der Waals surface area contributed by atoms with E-state index in [2.05, 4.69) is 30.6 Å². The molecule has 11 heteroatoms.